The average Bonchev–Trinajstić information content (AvgIpc) is 3.43. The first-order chi connectivity index (χ1) is 17.0. The van der Waals surface area contributed by atoms with Crippen LogP contribution in [-0.2, 0) is 16.3 Å². The molecule has 1 aliphatic heterocycles. The third kappa shape index (κ3) is 5.16. The second-order valence-corrected chi connectivity index (χ2v) is 17.2. The van der Waals surface area contributed by atoms with Crippen molar-refractivity contribution in [2.75, 3.05) is 29.2 Å². The van der Waals surface area contributed by atoms with E-state index in [1.54, 1.807) is 29.0 Å². The number of rotatable bonds is 9. The second kappa shape index (κ2) is 10.3. The number of carbonyl (C=O) groups is 1. The van der Waals surface area contributed by atoms with Gasteiger partial charge in [-0.15, -0.1) is 0 Å². The van der Waals surface area contributed by atoms with Gasteiger partial charge in [0.15, 0.2) is 16.8 Å². The molecule has 0 radical (unpaired) electrons. The molecule has 194 valence electrons. The Morgan fingerprint density at radius 2 is 2.00 bits per heavy atom. The third-order valence-electron chi connectivity index (χ3n) is 6.27. The molecule has 3 aromatic rings. The van der Waals surface area contributed by atoms with E-state index in [1.165, 1.54) is 11.3 Å². The molecule has 2 N–H and O–H groups in total. The number of nitrogen functional groups attached to an aromatic ring is 1. The largest absolute Gasteiger partial charge is 0.375 e. The Kier molecular flexibility index (Phi) is 7.48. The van der Waals surface area contributed by atoms with Crippen molar-refractivity contribution >= 4 is 42.0 Å². The summed E-state index contributed by atoms with van der Waals surface area (Å²) in [6.07, 6.45) is 4.14. The zero-order valence-corrected chi connectivity index (χ0v) is 24.0. The van der Waals surface area contributed by atoms with Gasteiger partial charge >= 0.3 is 0 Å². The molecule has 0 fully saturated rings. The summed E-state index contributed by atoms with van der Waals surface area (Å²) < 4.78 is 7.73. The fourth-order valence-electron chi connectivity index (χ4n) is 4.32. The predicted molar refractivity (Wildman–Crippen MR) is 148 cm³/mol. The van der Waals surface area contributed by atoms with Gasteiger partial charge in [-0.05, 0) is 32.4 Å². The van der Waals surface area contributed by atoms with E-state index in [0.717, 1.165) is 22.4 Å². The minimum atomic E-state index is -1.18. The molecule has 1 amide bonds. The highest BCUT2D eigenvalue weighted by molar-refractivity contribution is 7.19. The van der Waals surface area contributed by atoms with Crippen LogP contribution < -0.4 is 15.5 Å². The number of hydrogen-bond acceptors (Lipinski definition) is 9. The van der Waals surface area contributed by atoms with Crippen molar-refractivity contribution in [1.82, 2.24) is 24.7 Å². The number of anilines is 3. The maximum absolute atomic E-state index is 13.0. The number of thiazole rings is 1. The molecule has 3 aromatic heterocycles. The Bertz CT molecular complexity index is 1240. The fourth-order valence-corrected chi connectivity index (χ4v) is 5.85. The number of aromatic nitrogens is 5. The topological polar surface area (TPSA) is 115 Å². The van der Waals surface area contributed by atoms with Gasteiger partial charge in [0.1, 0.15) is 29.0 Å². The van der Waals surface area contributed by atoms with Crippen LogP contribution in [0.25, 0.3) is 22.1 Å². The third-order valence-corrected chi connectivity index (χ3v) is 8.85. The standard InChI is InChI=1S/C24H36N8O2SSi/c1-8-16-23(33)30(4)18-13-26-21(29-22(18)32(16)15(2)3)20-19(28-24(25)35-20)17-9-10-27-31(17)14-34-11-12-36(5,6)7/h9-10,13,15-16H,8,11-12,14H2,1-7H3,(H2,25,28). The van der Waals surface area contributed by atoms with E-state index < -0.39 is 8.07 Å². The second-order valence-electron chi connectivity index (χ2n) is 10.5. The summed E-state index contributed by atoms with van der Waals surface area (Å²) in [7, 11) is 0.603. The SMILES string of the molecule is CCC1C(=O)N(C)c2cnc(-c3sc(N)nc3-c3ccnn3COCC[Si](C)(C)C)nc2N1C(C)C. The van der Waals surface area contributed by atoms with Crippen LogP contribution in [0.2, 0.25) is 25.7 Å². The zero-order chi connectivity index (χ0) is 26.2. The molecule has 0 spiro atoms. The number of fused-ring (bicyclic) bond motifs is 1. The average molecular weight is 529 g/mol. The van der Waals surface area contributed by atoms with Crippen molar-refractivity contribution < 1.29 is 9.53 Å². The van der Waals surface area contributed by atoms with E-state index in [9.17, 15) is 4.79 Å². The molecule has 1 atom stereocenters. The van der Waals surface area contributed by atoms with Crippen molar-refractivity contribution in [3.05, 3.63) is 18.5 Å². The lowest BCUT2D eigenvalue weighted by Gasteiger charge is -2.42. The first-order valence-electron chi connectivity index (χ1n) is 12.3. The molecule has 36 heavy (non-hydrogen) atoms. The molecule has 0 saturated heterocycles. The van der Waals surface area contributed by atoms with Crippen LogP contribution in [0, 0.1) is 0 Å². The van der Waals surface area contributed by atoms with Gasteiger partial charge in [-0.2, -0.15) is 5.10 Å². The van der Waals surface area contributed by atoms with Crippen LogP contribution in [0.5, 0.6) is 0 Å². The Hall–Kier alpha value is -2.83. The summed E-state index contributed by atoms with van der Waals surface area (Å²) in [6.45, 7) is 14.2. The van der Waals surface area contributed by atoms with Crippen LogP contribution in [0.15, 0.2) is 18.5 Å². The molecular weight excluding hydrogens is 492 g/mol. The molecule has 4 rings (SSSR count). The molecule has 10 nitrogen and oxygen atoms in total. The number of amides is 1. The lowest BCUT2D eigenvalue weighted by molar-refractivity contribution is -0.120. The Balaban J connectivity index is 1.70. The quantitative estimate of drug-likeness (QED) is 0.322. The van der Waals surface area contributed by atoms with Gasteiger partial charge in [-0.25, -0.2) is 19.6 Å². The maximum Gasteiger partial charge on any atom is 0.249 e. The van der Waals surface area contributed by atoms with Crippen molar-refractivity contribution in [2.45, 2.75) is 71.7 Å². The number of ether oxygens (including phenoxy) is 1. The van der Waals surface area contributed by atoms with Gasteiger partial charge in [-0.1, -0.05) is 37.9 Å². The summed E-state index contributed by atoms with van der Waals surface area (Å²) in [4.78, 5) is 31.7. The van der Waals surface area contributed by atoms with Crippen molar-refractivity contribution in [3.63, 3.8) is 0 Å². The van der Waals surface area contributed by atoms with E-state index in [-0.39, 0.29) is 18.0 Å². The molecule has 0 saturated carbocycles. The lowest BCUT2D eigenvalue weighted by atomic mass is 10.1. The van der Waals surface area contributed by atoms with Crippen molar-refractivity contribution in [1.29, 1.82) is 0 Å². The Labute approximate surface area is 217 Å². The van der Waals surface area contributed by atoms with Crippen LogP contribution >= 0.6 is 11.3 Å². The number of carbonyl (C=O) groups excluding carboxylic acids is 1. The number of nitrogens with zero attached hydrogens (tertiary/aromatic N) is 7. The molecular formula is C24H36N8O2SSi. The van der Waals surface area contributed by atoms with Crippen molar-refractivity contribution in [3.8, 4) is 22.1 Å². The Morgan fingerprint density at radius 1 is 1.25 bits per heavy atom. The maximum atomic E-state index is 13.0. The van der Waals surface area contributed by atoms with Gasteiger partial charge in [-0.3, -0.25) is 4.79 Å². The molecule has 0 aromatic carbocycles. The molecule has 12 heteroatoms. The first-order valence-corrected chi connectivity index (χ1v) is 16.8. The van der Waals surface area contributed by atoms with Gasteiger partial charge in [0.2, 0.25) is 5.91 Å². The predicted octanol–water partition coefficient (Wildman–Crippen LogP) is 4.33. The van der Waals surface area contributed by atoms with E-state index >= 15 is 0 Å². The van der Waals surface area contributed by atoms with Gasteiger partial charge in [0.05, 0.1) is 11.9 Å². The van der Waals surface area contributed by atoms with Crippen LogP contribution in [0.1, 0.15) is 27.2 Å². The van der Waals surface area contributed by atoms with Gasteiger partial charge in [0.25, 0.3) is 0 Å². The zero-order valence-electron chi connectivity index (χ0n) is 22.1. The minimum Gasteiger partial charge on any atom is -0.375 e. The highest BCUT2D eigenvalue weighted by Crippen LogP contribution is 2.40. The molecule has 1 unspecified atom stereocenters. The Morgan fingerprint density at radius 3 is 2.67 bits per heavy atom. The fraction of sp³-hybridized carbons (Fsp3) is 0.542. The van der Waals surface area contributed by atoms with E-state index in [2.05, 4.69) is 53.5 Å². The molecule has 1 aliphatic rings. The summed E-state index contributed by atoms with van der Waals surface area (Å²) in [5.74, 6) is 1.31. The normalized spacial score (nSPS) is 16.2. The first kappa shape index (κ1) is 26.2. The van der Waals surface area contributed by atoms with E-state index in [4.69, 9.17) is 15.5 Å². The molecule has 0 aliphatic carbocycles. The highest BCUT2D eigenvalue weighted by Gasteiger charge is 2.38. The number of likely N-dealkylation sites (N-methyl/N-ethyl adjacent to an activating group) is 1. The van der Waals surface area contributed by atoms with Crippen LogP contribution in [0.4, 0.5) is 16.6 Å². The summed E-state index contributed by atoms with van der Waals surface area (Å²) in [6, 6.07) is 2.81. The minimum absolute atomic E-state index is 0.0517. The molecule has 4 heterocycles. The number of nitrogens with two attached hydrogens (primary N) is 1. The van der Waals surface area contributed by atoms with E-state index in [0.29, 0.717) is 42.1 Å². The van der Waals surface area contributed by atoms with Crippen LogP contribution in [0.3, 0.4) is 0 Å². The van der Waals surface area contributed by atoms with Crippen molar-refractivity contribution in [2.24, 2.45) is 0 Å². The summed E-state index contributed by atoms with van der Waals surface area (Å²) in [5, 5.41) is 4.87. The monoisotopic (exact) mass is 528 g/mol. The summed E-state index contributed by atoms with van der Waals surface area (Å²) in [5.41, 5.74) is 8.34. The van der Waals surface area contributed by atoms with Crippen LogP contribution in [-0.4, -0.2) is 64.5 Å². The van der Waals surface area contributed by atoms with Gasteiger partial charge in [0, 0.05) is 34.0 Å². The van der Waals surface area contributed by atoms with E-state index in [1.807, 2.05) is 13.0 Å². The molecule has 0 bridgehead atoms. The van der Waals surface area contributed by atoms with Gasteiger partial charge < -0.3 is 20.3 Å². The lowest BCUT2D eigenvalue weighted by Crippen LogP contribution is -2.54. The summed E-state index contributed by atoms with van der Waals surface area (Å²) >= 11 is 1.34. The number of hydrogen-bond donors (Lipinski definition) is 1. The smallest absolute Gasteiger partial charge is 0.249 e. The highest BCUT2D eigenvalue weighted by atomic mass is 32.1.